The van der Waals surface area contributed by atoms with Crippen molar-refractivity contribution in [1.29, 1.82) is 0 Å². The van der Waals surface area contributed by atoms with Gasteiger partial charge in [-0.15, -0.1) is 0 Å². The van der Waals surface area contributed by atoms with Gasteiger partial charge in [0, 0.05) is 23.7 Å². The Morgan fingerprint density at radius 3 is 1.45 bits per heavy atom. The standard InChI is InChI=1S/C18H18O2/c19-17-13-9-3-1-7(5-9)11(13)15-16(17)12-8-2-4-10(6-8)14(12)18(15)20/h1-4,7-16H,5-6H2/t7-,8+,9-,10-,11+,12+,13-,14+,15-,16+/m0/s1. The van der Waals surface area contributed by atoms with Crippen molar-refractivity contribution in [1.82, 2.24) is 0 Å². The van der Waals surface area contributed by atoms with E-state index in [4.69, 9.17) is 0 Å². The molecule has 102 valence electrons. The van der Waals surface area contributed by atoms with Crippen LogP contribution in [0.4, 0.5) is 0 Å². The van der Waals surface area contributed by atoms with Crippen molar-refractivity contribution in [2.45, 2.75) is 12.8 Å². The molecule has 2 nitrogen and oxygen atoms in total. The highest BCUT2D eigenvalue weighted by Crippen LogP contribution is 2.68. The lowest BCUT2D eigenvalue weighted by molar-refractivity contribution is -0.127. The average Bonchev–Trinajstić information content (AvgIpc) is 3.21. The minimum absolute atomic E-state index is 0.0904. The molecule has 0 amide bonds. The Bertz CT molecular complexity index is 561. The molecule has 6 rings (SSSR count). The first kappa shape index (κ1) is 10.5. The molecule has 6 aliphatic carbocycles. The molecule has 0 heterocycles. The zero-order valence-electron chi connectivity index (χ0n) is 11.3. The SMILES string of the molecule is O=C1[C@@H]2[C@H]([C@@H]3C(=O)[C@H]4[C@H]([C@@H]13)[C@@H]1C=C[C@H]4C1)[C@H]1C=C[C@H]2C1. The maximum atomic E-state index is 13.0. The van der Waals surface area contributed by atoms with Crippen LogP contribution in [-0.2, 0) is 9.59 Å². The van der Waals surface area contributed by atoms with Gasteiger partial charge in [-0.3, -0.25) is 9.59 Å². The maximum Gasteiger partial charge on any atom is 0.141 e. The minimum Gasteiger partial charge on any atom is -0.299 e. The number of allylic oxidation sites excluding steroid dienone is 4. The Hall–Kier alpha value is -1.18. The number of Topliss-reactive ketones (excluding diaryl/α,β-unsaturated/α-hetero) is 2. The van der Waals surface area contributed by atoms with Gasteiger partial charge in [0.1, 0.15) is 11.6 Å². The lowest BCUT2D eigenvalue weighted by Crippen LogP contribution is -2.30. The first-order valence-electron chi connectivity index (χ1n) is 8.20. The molecule has 20 heavy (non-hydrogen) atoms. The third kappa shape index (κ3) is 0.889. The third-order valence-corrected chi connectivity index (χ3v) is 7.57. The van der Waals surface area contributed by atoms with E-state index in [1.54, 1.807) is 0 Å². The van der Waals surface area contributed by atoms with Gasteiger partial charge in [0.15, 0.2) is 0 Å². The third-order valence-electron chi connectivity index (χ3n) is 7.57. The van der Waals surface area contributed by atoms with E-state index in [0.717, 1.165) is 12.8 Å². The molecule has 0 unspecified atom stereocenters. The molecule has 6 aliphatic rings. The van der Waals surface area contributed by atoms with E-state index < -0.39 is 0 Å². The summed E-state index contributed by atoms with van der Waals surface area (Å²) in [4.78, 5) is 26.0. The Morgan fingerprint density at radius 2 is 1.00 bits per heavy atom. The lowest BCUT2D eigenvalue weighted by Gasteiger charge is -2.25. The Morgan fingerprint density at radius 1 is 0.600 bits per heavy atom. The molecule has 0 spiro atoms. The van der Waals surface area contributed by atoms with Crippen LogP contribution >= 0.6 is 0 Å². The van der Waals surface area contributed by atoms with Crippen LogP contribution in [-0.4, -0.2) is 11.6 Å². The van der Waals surface area contributed by atoms with E-state index in [0.29, 0.717) is 47.1 Å². The normalized spacial score (nSPS) is 63.4. The van der Waals surface area contributed by atoms with Gasteiger partial charge in [-0.25, -0.2) is 0 Å². The summed E-state index contributed by atoms with van der Waals surface area (Å²) in [6, 6.07) is 0. The van der Waals surface area contributed by atoms with Gasteiger partial charge in [-0.05, 0) is 48.3 Å². The molecule has 0 aromatic carbocycles. The van der Waals surface area contributed by atoms with E-state index in [-0.39, 0.29) is 23.7 Å². The molecule has 10 atom stereocenters. The number of carbonyl (C=O) groups excluding carboxylic acids is 2. The van der Waals surface area contributed by atoms with E-state index in [1.165, 1.54) is 0 Å². The van der Waals surface area contributed by atoms with Crippen molar-refractivity contribution in [3.8, 4) is 0 Å². The highest BCUT2D eigenvalue weighted by molar-refractivity contribution is 6.01. The molecule has 4 bridgehead atoms. The summed E-state index contributed by atoms with van der Waals surface area (Å²) in [7, 11) is 0. The highest BCUT2D eigenvalue weighted by atomic mass is 16.1. The number of ketones is 2. The second-order valence-corrected chi connectivity index (χ2v) is 7.96. The van der Waals surface area contributed by atoms with Crippen molar-refractivity contribution in [3.63, 3.8) is 0 Å². The fourth-order valence-electron chi connectivity index (χ4n) is 7.16. The number of rotatable bonds is 0. The van der Waals surface area contributed by atoms with Gasteiger partial charge in [-0.2, -0.15) is 0 Å². The average molecular weight is 266 g/mol. The molecule has 4 saturated carbocycles. The first-order chi connectivity index (χ1) is 9.75. The summed E-state index contributed by atoms with van der Waals surface area (Å²) in [5.41, 5.74) is 0. The molecular weight excluding hydrogens is 248 g/mol. The molecule has 0 aromatic heterocycles. The predicted molar refractivity (Wildman–Crippen MR) is 72.4 cm³/mol. The molecule has 0 aliphatic heterocycles. The van der Waals surface area contributed by atoms with Crippen LogP contribution in [0.3, 0.4) is 0 Å². The maximum absolute atomic E-state index is 13.0. The summed E-state index contributed by atoms with van der Waals surface area (Å²) >= 11 is 0. The minimum atomic E-state index is 0.0904. The fraction of sp³-hybridized carbons (Fsp3) is 0.667. The van der Waals surface area contributed by atoms with Crippen LogP contribution in [0, 0.1) is 59.2 Å². The topological polar surface area (TPSA) is 34.1 Å². The zero-order chi connectivity index (χ0) is 13.2. The first-order valence-corrected chi connectivity index (χ1v) is 8.20. The van der Waals surface area contributed by atoms with Crippen molar-refractivity contribution >= 4 is 11.6 Å². The lowest BCUT2D eigenvalue weighted by atomic mass is 9.77. The number of fused-ring (bicyclic) bond motifs is 13. The zero-order valence-corrected chi connectivity index (χ0v) is 11.3. The molecule has 2 heteroatoms. The van der Waals surface area contributed by atoms with Crippen molar-refractivity contribution in [2.24, 2.45) is 59.2 Å². The molecule has 4 fully saturated rings. The number of hydrogen-bond donors (Lipinski definition) is 0. The van der Waals surface area contributed by atoms with Gasteiger partial charge in [0.25, 0.3) is 0 Å². The van der Waals surface area contributed by atoms with Crippen molar-refractivity contribution in [3.05, 3.63) is 24.3 Å². The Balaban J connectivity index is 1.51. The van der Waals surface area contributed by atoms with Crippen LogP contribution in [0.25, 0.3) is 0 Å². The van der Waals surface area contributed by atoms with Gasteiger partial charge >= 0.3 is 0 Å². The number of hydrogen-bond acceptors (Lipinski definition) is 2. The van der Waals surface area contributed by atoms with Crippen molar-refractivity contribution < 1.29 is 9.59 Å². The van der Waals surface area contributed by atoms with E-state index in [1.807, 2.05) is 0 Å². The summed E-state index contributed by atoms with van der Waals surface area (Å²) < 4.78 is 0. The van der Waals surface area contributed by atoms with Crippen LogP contribution in [0.5, 0.6) is 0 Å². The summed E-state index contributed by atoms with van der Waals surface area (Å²) in [5.74, 6) is 4.25. The second kappa shape index (κ2) is 3.03. The van der Waals surface area contributed by atoms with Crippen LogP contribution < -0.4 is 0 Å². The number of carbonyl (C=O) groups is 2. The smallest absolute Gasteiger partial charge is 0.141 e. The predicted octanol–water partition coefficient (Wildman–Crippen LogP) is 2.26. The highest BCUT2D eigenvalue weighted by Gasteiger charge is 2.71. The Labute approximate surface area is 118 Å². The Kier molecular flexibility index (Phi) is 1.59. The van der Waals surface area contributed by atoms with E-state index in [9.17, 15) is 9.59 Å². The van der Waals surface area contributed by atoms with Gasteiger partial charge in [-0.1, -0.05) is 24.3 Å². The fourth-order valence-corrected chi connectivity index (χ4v) is 7.16. The quantitative estimate of drug-likeness (QED) is 0.630. The van der Waals surface area contributed by atoms with Crippen molar-refractivity contribution in [2.75, 3.05) is 0 Å². The molecule has 0 N–H and O–H groups in total. The van der Waals surface area contributed by atoms with Gasteiger partial charge in [0.2, 0.25) is 0 Å². The van der Waals surface area contributed by atoms with Gasteiger partial charge < -0.3 is 0 Å². The second-order valence-electron chi connectivity index (χ2n) is 7.96. The monoisotopic (exact) mass is 266 g/mol. The largest absolute Gasteiger partial charge is 0.299 e. The van der Waals surface area contributed by atoms with E-state index >= 15 is 0 Å². The molecule has 0 aromatic rings. The molecule has 0 radical (unpaired) electrons. The summed E-state index contributed by atoms with van der Waals surface area (Å²) in [6.07, 6.45) is 11.4. The van der Waals surface area contributed by atoms with Crippen LogP contribution in [0.15, 0.2) is 24.3 Å². The van der Waals surface area contributed by atoms with Crippen LogP contribution in [0.1, 0.15) is 12.8 Å². The summed E-state index contributed by atoms with van der Waals surface area (Å²) in [5, 5.41) is 0. The van der Waals surface area contributed by atoms with E-state index in [2.05, 4.69) is 24.3 Å². The summed E-state index contributed by atoms with van der Waals surface area (Å²) in [6.45, 7) is 0. The van der Waals surface area contributed by atoms with Gasteiger partial charge in [0.05, 0.1) is 0 Å². The molecular formula is C18H18O2. The van der Waals surface area contributed by atoms with Crippen LogP contribution in [0.2, 0.25) is 0 Å². The molecule has 0 saturated heterocycles.